The monoisotopic (exact) mass is 419 g/mol. The number of methoxy groups -OCH3 is 1. The zero-order chi connectivity index (χ0) is 18.5. The highest BCUT2D eigenvalue weighted by Crippen LogP contribution is 2.18. The molecule has 0 bridgehead atoms. The van der Waals surface area contributed by atoms with E-state index >= 15 is 0 Å². The van der Waals surface area contributed by atoms with E-state index in [1.165, 1.54) is 7.11 Å². The molecule has 0 spiro atoms. The number of carbonyl (C=O) groups is 2. The maximum atomic E-state index is 12.7. The standard InChI is InChI=1S/C18H18BrN3O4/c1-25-17(24)13-6-4-12(5-7-13)16(23)22-8-2-3-15(11-22)26-18-20-9-14(19)10-21-18/h4-7,9-10,15H,2-3,8,11H2,1H3. The zero-order valence-corrected chi connectivity index (χ0v) is 15.8. The van der Waals surface area contributed by atoms with Gasteiger partial charge in [-0.3, -0.25) is 4.79 Å². The molecule has 3 rings (SSSR count). The van der Waals surface area contributed by atoms with Crippen LogP contribution >= 0.6 is 15.9 Å². The molecule has 2 heterocycles. The highest BCUT2D eigenvalue weighted by molar-refractivity contribution is 9.10. The third-order valence-electron chi connectivity index (χ3n) is 4.09. The average molecular weight is 420 g/mol. The Morgan fingerprint density at radius 1 is 1.15 bits per heavy atom. The molecule has 136 valence electrons. The van der Waals surface area contributed by atoms with Crippen LogP contribution in [0, 0.1) is 0 Å². The number of esters is 1. The maximum Gasteiger partial charge on any atom is 0.337 e. The molecule has 0 radical (unpaired) electrons. The number of hydrogen-bond acceptors (Lipinski definition) is 6. The third-order valence-corrected chi connectivity index (χ3v) is 4.50. The van der Waals surface area contributed by atoms with Crippen LogP contribution in [0.1, 0.15) is 33.6 Å². The van der Waals surface area contributed by atoms with Crippen molar-refractivity contribution >= 4 is 27.8 Å². The summed E-state index contributed by atoms with van der Waals surface area (Å²) in [7, 11) is 1.32. The molecule has 1 fully saturated rings. The van der Waals surface area contributed by atoms with Crippen molar-refractivity contribution in [2.45, 2.75) is 18.9 Å². The first-order valence-corrected chi connectivity index (χ1v) is 8.98. The lowest BCUT2D eigenvalue weighted by atomic mass is 10.1. The lowest BCUT2D eigenvalue weighted by molar-refractivity contribution is 0.0514. The van der Waals surface area contributed by atoms with Crippen molar-refractivity contribution in [3.05, 3.63) is 52.3 Å². The molecule has 26 heavy (non-hydrogen) atoms. The van der Waals surface area contributed by atoms with Crippen molar-refractivity contribution < 1.29 is 19.1 Å². The van der Waals surface area contributed by atoms with Gasteiger partial charge >= 0.3 is 12.0 Å². The quantitative estimate of drug-likeness (QED) is 0.708. The van der Waals surface area contributed by atoms with Gasteiger partial charge in [-0.2, -0.15) is 0 Å². The van der Waals surface area contributed by atoms with Gasteiger partial charge in [0.05, 0.1) is 23.7 Å². The fourth-order valence-corrected chi connectivity index (χ4v) is 2.98. The number of aromatic nitrogens is 2. The molecule has 1 atom stereocenters. The van der Waals surface area contributed by atoms with Crippen LogP contribution in [-0.4, -0.2) is 53.0 Å². The fourth-order valence-electron chi connectivity index (χ4n) is 2.78. The smallest absolute Gasteiger partial charge is 0.337 e. The number of amides is 1. The molecular weight excluding hydrogens is 402 g/mol. The lowest BCUT2D eigenvalue weighted by Gasteiger charge is -2.32. The van der Waals surface area contributed by atoms with Crippen molar-refractivity contribution in [1.82, 2.24) is 14.9 Å². The van der Waals surface area contributed by atoms with Crippen LogP contribution < -0.4 is 4.74 Å². The van der Waals surface area contributed by atoms with Crippen LogP contribution in [0.3, 0.4) is 0 Å². The Labute approximate surface area is 159 Å². The Morgan fingerprint density at radius 3 is 2.46 bits per heavy atom. The van der Waals surface area contributed by atoms with Crippen LogP contribution in [0.15, 0.2) is 41.1 Å². The fraction of sp³-hybridized carbons (Fsp3) is 0.333. The molecule has 0 N–H and O–H groups in total. The average Bonchev–Trinajstić information content (AvgIpc) is 2.69. The second kappa shape index (κ2) is 8.27. The molecule has 2 aromatic rings. The summed E-state index contributed by atoms with van der Waals surface area (Å²) in [6.07, 6.45) is 4.77. The number of halogens is 1. The molecule has 1 saturated heterocycles. The molecule has 1 aliphatic heterocycles. The highest BCUT2D eigenvalue weighted by Gasteiger charge is 2.26. The number of nitrogens with zero attached hydrogens (tertiary/aromatic N) is 3. The van der Waals surface area contributed by atoms with Gasteiger partial charge in [0, 0.05) is 24.5 Å². The molecule has 0 aliphatic carbocycles. The van der Waals surface area contributed by atoms with E-state index in [0.717, 1.165) is 17.3 Å². The normalized spacial score (nSPS) is 16.8. The van der Waals surface area contributed by atoms with Gasteiger partial charge in [0.25, 0.3) is 5.91 Å². The van der Waals surface area contributed by atoms with E-state index < -0.39 is 5.97 Å². The predicted molar refractivity (Wildman–Crippen MR) is 97.1 cm³/mol. The van der Waals surface area contributed by atoms with E-state index in [2.05, 4.69) is 30.6 Å². The van der Waals surface area contributed by atoms with E-state index in [1.807, 2.05) is 0 Å². The highest BCUT2D eigenvalue weighted by atomic mass is 79.9. The van der Waals surface area contributed by atoms with Crippen LogP contribution in [-0.2, 0) is 4.74 Å². The summed E-state index contributed by atoms with van der Waals surface area (Å²) in [6, 6.07) is 6.75. The molecule has 1 unspecified atom stereocenters. The Hall–Kier alpha value is -2.48. The van der Waals surface area contributed by atoms with E-state index in [1.54, 1.807) is 41.6 Å². The van der Waals surface area contributed by atoms with Gasteiger partial charge in [0.2, 0.25) is 0 Å². The van der Waals surface area contributed by atoms with Crippen LogP contribution in [0.5, 0.6) is 6.01 Å². The summed E-state index contributed by atoms with van der Waals surface area (Å²) in [4.78, 5) is 34.2. The molecule has 1 aromatic heterocycles. The van der Waals surface area contributed by atoms with Gasteiger partial charge in [-0.1, -0.05) is 0 Å². The van der Waals surface area contributed by atoms with Crippen molar-refractivity contribution in [3.63, 3.8) is 0 Å². The Morgan fingerprint density at radius 2 is 1.81 bits per heavy atom. The third kappa shape index (κ3) is 4.37. The van der Waals surface area contributed by atoms with Gasteiger partial charge in [-0.15, -0.1) is 0 Å². The summed E-state index contributed by atoms with van der Waals surface area (Å²) in [5, 5.41) is 0. The minimum Gasteiger partial charge on any atom is -0.465 e. The summed E-state index contributed by atoms with van der Waals surface area (Å²) in [5.41, 5.74) is 0.939. The number of benzene rings is 1. The number of rotatable bonds is 4. The molecular formula is C18H18BrN3O4. The molecule has 1 amide bonds. The van der Waals surface area contributed by atoms with Crippen LogP contribution in [0.25, 0.3) is 0 Å². The number of ether oxygens (including phenoxy) is 2. The van der Waals surface area contributed by atoms with Crippen LogP contribution in [0.2, 0.25) is 0 Å². The number of hydrogen-bond donors (Lipinski definition) is 0. The van der Waals surface area contributed by atoms with Crippen LogP contribution in [0.4, 0.5) is 0 Å². The molecule has 0 saturated carbocycles. The van der Waals surface area contributed by atoms with Crippen molar-refractivity contribution in [2.75, 3.05) is 20.2 Å². The molecule has 1 aromatic carbocycles. The van der Waals surface area contributed by atoms with E-state index in [-0.39, 0.29) is 12.0 Å². The largest absolute Gasteiger partial charge is 0.465 e. The van der Waals surface area contributed by atoms with Gasteiger partial charge in [0.1, 0.15) is 6.10 Å². The first-order valence-electron chi connectivity index (χ1n) is 8.18. The van der Waals surface area contributed by atoms with Crippen molar-refractivity contribution in [3.8, 4) is 6.01 Å². The zero-order valence-electron chi connectivity index (χ0n) is 14.2. The first kappa shape index (κ1) is 18.3. The topological polar surface area (TPSA) is 81.6 Å². The molecule has 1 aliphatic rings. The molecule has 7 nitrogen and oxygen atoms in total. The van der Waals surface area contributed by atoms with Gasteiger partial charge < -0.3 is 14.4 Å². The number of carbonyl (C=O) groups excluding carboxylic acids is 2. The van der Waals surface area contributed by atoms with E-state index in [0.29, 0.717) is 30.2 Å². The van der Waals surface area contributed by atoms with Gasteiger partial charge in [0.15, 0.2) is 0 Å². The summed E-state index contributed by atoms with van der Waals surface area (Å²) >= 11 is 3.28. The van der Waals surface area contributed by atoms with E-state index in [4.69, 9.17) is 4.74 Å². The maximum absolute atomic E-state index is 12.7. The van der Waals surface area contributed by atoms with Crippen molar-refractivity contribution in [2.24, 2.45) is 0 Å². The SMILES string of the molecule is COC(=O)c1ccc(C(=O)N2CCCC(Oc3ncc(Br)cn3)C2)cc1. The first-order chi connectivity index (χ1) is 12.6. The van der Waals surface area contributed by atoms with Gasteiger partial charge in [-0.25, -0.2) is 14.8 Å². The summed E-state index contributed by atoms with van der Waals surface area (Å²) < 4.78 is 11.2. The van der Waals surface area contributed by atoms with E-state index in [9.17, 15) is 9.59 Å². The minimum absolute atomic E-state index is 0.0913. The van der Waals surface area contributed by atoms with Gasteiger partial charge in [-0.05, 0) is 53.0 Å². The predicted octanol–water partition coefficient (Wildman–Crippen LogP) is 2.71. The Bertz CT molecular complexity index is 780. The lowest BCUT2D eigenvalue weighted by Crippen LogP contribution is -2.44. The molecule has 8 heteroatoms. The second-order valence-electron chi connectivity index (χ2n) is 5.89. The van der Waals surface area contributed by atoms with Crippen molar-refractivity contribution in [1.29, 1.82) is 0 Å². The summed E-state index contributed by atoms with van der Waals surface area (Å²) in [6.45, 7) is 1.13. The minimum atomic E-state index is -0.426. The second-order valence-corrected chi connectivity index (χ2v) is 6.80. The Balaban J connectivity index is 1.64. The summed E-state index contributed by atoms with van der Waals surface area (Å²) in [5.74, 6) is -0.517. The number of piperidine rings is 1. The Kier molecular flexibility index (Phi) is 5.82. The number of likely N-dealkylation sites (tertiary alicyclic amines) is 1.